The van der Waals surface area contributed by atoms with Crippen molar-refractivity contribution in [1.29, 1.82) is 5.26 Å². The Morgan fingerprint density at radius 3 is 2.68 bits per heavy atom. The summed E-state index contributed by atoms with van der Waals surface area (Å²) < 4.78 is 7.90. The number of piperidine rings is 1. The third kappa shape index (κ3) is 3.77. The fourth-order valence-corrected chi connectivity index (χ4v) is 4.55. The largest absolute Gasteiger partial charge is 0.502 e. The molecule has 1 N–H and O–H groups in total. The number of amides is 1. The molecule has 2 aliphatic rings. The lowest BCUT2D eigenvalue weighted by Crippen LogP contribution is -2.65. The first-order chi connectivity index (χ1) is 15.0. The van der Waals surface area contributed by atoms with Crippen LogP contribution in [-0.4, -0.2) is 46.5 Å². The van der Waals surface area contributed by atoms with Gasteiger partial charge in [-0.2, -0.15) is 5.26 Å². The van der Waals surface area contributed by atoms with Crippen LogP contribution in [0.3, 0.4) is 0 Å². The minimum Gasteiger partial charge on any atom is -0.502 e. The number of hydrogen-bond donors (Lipinski definition) is 1. The number of carbonyl (C=O) groups excluding carboxylic acids is 1. The van der Waals surface area contributed by atoms with Crippen LogP contribution in [0.15, 0.2) is 47.4 Å². The van der Waals surface area contributed by atoms with Gasteiger partial charge in [0, 0.05) is 32.3 Å². The maximum Gasteiger partial charge on any atom is 0.277 e. The predicted molar refractivity (Wildman–Crippen MR) is 114 cm³/mol. The number of nitriles is 1. The molecule has 162 valence electrons. The zero-order valence-electron chi connectivity index (χ0n) is 17.5. The third-order valence-electron chi connectivity index (χ3n) is 6.08. The number of nitrogens with zero attached hydrogens (tertiary/aromatic N) is 4. The summed E-state index contributed by atoms with van der Waals surface area (Å²) in [6.45, 7) is 0.547. The molecule has 2 aromatic rings. The zero-order chi connectivity index (χ0) is 22.0. The lowest BCUT2D eigenvalue weighted by molar-refractivity contribution is -0.0197. The standard InChI is InChI=1S/C23H26N4O4/c1-25-19-11-10-18(31-15-7-3-6-13-24)20(16-8-4-2-5-9-16)27(19)26-14-12-17(28)22(29)21(26)23(25)30/h2,4-5,8-9,12,14,18-20,29H,3,6-7,10-11,15H2,1H3. The lowest BCUT2D eigenvalue weighted by atomic mass is 9.91. The van der Waals surface area contributed by atoms with E-state index in [1.165, 1.54) is 6.07 Å². The summed E-state index contributed by atoms with van der Waals surface area (Å²) in [5.74, 6) is -0.914. The molecule has 3 heterocycles. The molecule has 3 unspecified atom stereocenters. The Bertz CT molecular complexity index is 1050. The summed E-state index contributed by atoms with van der Waals surface area (Å²) in [5.41, 5.74) is 0.424. The van der Waals surface area contributed by atoms with Crippen molar-refractivity contribution < 1.29 is 14.6 Å². The second-order valence-corrected chi connectivity index (χ2v) is 7.96. The Kier molecular flexibility index (Phi) is 5.96. The quantitative estimate of drug-likeness (QED) is 0.719. The molecule has 8 heteroatoms. The van der Waals surface area contributed by atoms with Gasteiger partial charge in [0.25, 0.3) is 5.91 Å². The smallest absolute Gasteiger partial charge is 0.277 e. The molecule has 3 atom stereocenters. The van der Waals surface area contributed by atoms with E-state index in [-0.39, 0.29) is 29.9 Å². The number of hydrogen-bond acceptors (Lipinski definition) is 6. The van der Waals surface area contributed by atoms with Crippen LogP contribution in [0.1, 0.15) is 54.2 Å². The number of unbranched alkanes of at least 4 members (excludes halogenated alkanes) is 2. The van der Waals surface area contributed by atoms with Gasteiger partial charge in [0.15, 0.2) is 11.4 Å². The molecule has 8 nitrogen and oxygen atoms in total. The van der Waals surface area contributed by atoms with Crippen LogP contribution < -0.4 is 10.4 Å². The van der Waals surface area contributed by atoms with Crippen molar-refractivity contribution in [2.24, 2.45) is 0 Å². The van der Waals surface area contributed by atoms with Gasteiger partial charge < -0.3 is 14.7 Å². The molecule has 0 spiro atoms. The molecule has 1 amide bonds. The summed E-state index contributed by atoms with van der Waals surface area (Å²) in [4.78, 5) is 26.6. The first-order valence-electron chi connectivity index (χ1n) is 10.6. The number of pyridine rings is 1. The van der Waals surface area contributed by atoms with Crippen molar-refractivity contribution in [3.05, 3.63) is 64.1 Å². The molecule has 0 bridgehead atoms. The monoisotopic (exact) mass is 422 g/mol. The second kappa shape index (κ2) is 8.82. The fourth-order valence-electron chi connectivity index (χ4n) is 4.55. The normalized spacial score (nSPS) is 22.6. The van der Waals surface area contributed by atoms with Crippen molar-refractivity contribution in [3.8, 4) is 11.8 Å². The zero-order valence-corrected chi connectivity index (χ0v) is 17.5. The van der Waals surface area contributed by atoms with E-state index < -0.39 is 11.2 Å². The molecule has 31 heavy (non-hydrogen) atoms. The van der Waals surface area contributed by atoms with E-state index in [0.717, 1.165) is 24.8 Å². The molecular formula is C23H26N4O4. The van der Waals surface area contributed by atoms with Crippen molar-refractivity contribution in [2.45, 2.75) is 50.4 Å². The predicted octanol–water partition coefficient (Wildman–Crippen LogP) is 2.52. The lowest BCUT2D eigenvalue weighted by Gasteiger charge is -2.53. The number of carbonyl (C=O) groups is 1. The molecule has 1 fully saturated rings. The molecular weight excluding hydrogens is 396 g/mol. The molecule has 0 aliphatic carbocycles. The average molecular weight is 422 g/mol. The van der Waals surface area contributed by atoms with Crippen LogP contribution in [0.5, 0.6) is 5.75 Å². The van der Waals surface area contributed by atoms with Gasteiger partial charge in [-0.25, -0.2) is 0 Å². The molecule has 4 rings (SSSR count). The SMILES string of the molecule is CN1C(=O)c2c(O)c(=O)ccn2N2C(c3ccccc3)C(OCCCCC#N)CCC12. The number of benzene rings is 1. The van der Waals surface area contributed by atoms with Gasteiger partial charge in [-0.15, -0.1) is 0 Å². The summed E-state index contributed by atoms with van der Waals surface area (Å²) in [6, 6.07) is 13.1. The molecule has 1 aromatic heterocycles. The highest BCUT2D eigenvalue weighted by molar-refractivity contribution is 5.96. The highest BCUT2D eigenvalue weighted by Gasteiger charge is 2.46. The maximum absolute atomic E-state index is 13.0. The number of aromatic hydroxyl groups is 1. The first kappa shape index (κ1) is 20.9. The number of aromatic nitrogens is 1. The van der Waals surface area contributed by atoms with Crippen molar-refractivity contribution in [1.82, 2.24) is 9.58 Å². The molecule has 2 aliphatic heterocycles. The van der Waals surface area contributed by atoms with E-state index in [0.29, 0.717) is 19.4 Å². The van der Waals surface area contributed by atoms with Gasteiger partial charge in [0.05, 0.1) is 18.2 Å². The van der Waals surface area contributed by atoms with E-state index >= 15 is 0 Å². The van der Waals surface area contributed by atoms with Gasteiger partial charge in [-0.1, -0.05) is 30.3 Å². The third-order valence-corrected chi connectivity index (χ3v) is 6.08. The van der Waals surface area contributed by atoms with Crippen molar-refractivity contribution in [3.63, 3.8) is 0 Å². The highest BCUT2D eigenvalue weighted by Crippen LogP contribution is 2.39. The van der Waals surface area contributed by atoms with Gasteiger partial charge in [0.1, 0.15) is 6.17 Å². The fraction of sp³-hybridized carbons (Fsp3) is 0.435. The number of ether oxygens (including phenoxy) is 1. The van der Waals surface area contributed by atoms with Gasteiger partial charge in [-0.05, 0) is 31.2 Å². The van der Waals surface area contributed by atoms with E-state index in [1.807, 2.05) is 35.3 Å². The van der Waals surface area contributed by atoms with Crippen molar-refractivity contribution in [2.75, 3.05) is 18.7 Å². The van der Waals surface area contributed by atoms with Crippen LogP contribution in [0, 0.1) is 11.3 Å². The molecule has 0 radical (unpaired) electrons. The second-order valence-electron chi connectivity index (χ2n) is 7.96. The summed E-state index contributed by atoms with van der Waals surface area (Å²) >= 11 is 0. The van der Waals surface area contributed by atoms with E-state index in [2.05, 4.69) is 6.07 Å². The van der Waals surface area contributed by atoms with Gasteiger partial charge >= 0.3 is 0 Å². The Morgan fingerprint density at radius 2 is 1.94 bits per heavy atom. The van der Waals surface area contributed by atoms with Crippen LogP contribution in [0.4, 0.5) is 0 Å². The summed E-state index contributed by atoms with van der Waals surface area (Å²) in [7, 11) is 1.70. The van der Waals surface area contributed by atoms with Crippen LogP contribution in [0.2, 0.25) is 0 Å². The summed E-state index contributed by atoms with van der Waals surface area (Å²) in [6.07, 6.45) is 4.75. The van der Waals surface area contributed by atoms with Gasteiger partial charge in [0.2, 0.25) is 5.43 Å². The Balaban J connectivity index is 1.75. The minimum absolute atomic E-state index is 0.0261. The average Bonchev–Trinajstić information content (AvgIpc) is 2.79. The minimum atomic E-state index is -0.579. The summed E-state index contributed by atoms with van der Waals surface area (Å²) in [5, 5.41) is 21.2. The van der Waals surface area contributed by atoms with Crippen LogP contribution in [0.25, 0.3) is 0 Å². The highest BCUT2D eigenvalue weighted by atomic mass is 16.5. The Labute approximate surface area is 180 Å². The maximum atomic E-state index is 13.0. The van der Waals surface area contributed by atoms with E-state index in [4.69, 9.17) is 10.00 Å². The topological polar surface area (TPSA) is 98.8 Å². The molecule has 0 saturated carbocycles. The van der Waals surface area contributed by atoms with Crippen molar-refractivity contribution >= 4 is 5.91 Å². The molecule has 1 saturated heterocycles. The number of rotatable bonds is 6. The Morgan fingerprint density at radius 1 is 1.16 bits per heavy atom. The van der Waals surface area contributed by atoms with Crippen LogP contribution >= 0.6 is 0 Å². The first-order valence-corrected chi connectivity index (χ1v) is 10.6. The Hall–Kier alpha value is -3.31. The van der Waals surface area contributed by atoms with Gasteiger partial charge in [-0.3, -0.25) is 19.3 Å². The van der Waals surface area contributed by atoms with E-state index in [9.17, 15) is 14.7 Å². The molecule has 1 aromatic carbocycles. The number of fused-ring (bicyclic) bond motifs is 3. The van der Waals surface area contributed by atoms with E-state index in [1.54, 1.807) is 22.8 Å². The van der Waals surface area contributed by atoms with Crippen LogP contribution in [-0.2, 0) is 4.74 Å².